The number of hydrogen-bond donors (Lipinski definition) is 1. The molecule has 0 aliphatic rings. The summed E-state index contributed by atoms with van der Waals surface area (Å²) in [5.74, 6) is 0. The van der Waals surface area contributed by atoms with Crippen molar-refractivity contribution in [3.05, 3.63) is 29.6 Å². The van der Waals surface area contributed by atoms with E-state index in [1.807, 2.05) is 32.2 Å². The maximum Gasteiger partial charge on any atom is 0.0715 e. The molecule has 0 saturated heterocycles. The van der Waals surface area contributed by atoms with Crippen LogP contribution in [0.2, 0.25) is 0 Å². The molecule has 0 amide bonds. The van der Waals surface area contributed by atoms with Crippen LogP contribution in [-0.2, 0) is 6.54 Å². The monoisotopic (exact) mass is 236 g/mol. The molecule has 1 aromatic rings. The summed E-state index contributed by atoms with van der Waals surface area (Å²) in [6.45, 7) is 9.59. The largest absolute Gasteiger partial charge is 0.391 e. The van der Waals surface area contributed by atoms with E-state index in [2.05, 4.69) is 30.7 Å². The SMILES string of the molecule is Cc1cccc(CN(C)CC(O)C(C)(C)C)n1. The van der Waals surface area contributed by atoms with E-state index in [9.17, 15) is 5.11 Å². The lowest BCUT2D eigenvalue weighted by molar-refractivity contribution is 0.0330. The smallest absolute Gasteiger partial charge is 0.0715 e. The Bertz CT molecular complexity index is 357. The molecule has 3 heteroatoms. The molecule has 96 valence electrons. The third-order valence-corrected chi connectivity index (χ3v) is 2.86. The Morgan fingerprint density at radius 3 is 2.53 bits per heavy atom. The van der Waals surface area contributed by atoms with Gasteiger partial charge in [-0.1, -0.05) is 26.8 Å². The summed E-state index contributed by atoms with van der Waals surface area (Å²) in [6, 6.07) is 6.03. The zero-order valence-electron chi connectivity index (χ0n) is 11.6. The highest BCUT2D eigenvalue weighted by Gasteiger charge is 2.23. The van der Waals surface area contributed by atoms with Gasteiger partial charge in [-0.15, -0.1) is 0 Å². The molecule has 1 heterocycles. The number of aromatic nitrogens is 1. The van der Waals surface area contributed by atoms with Gasteiger partial charge in [0.2, 0.25) is 0 Å². The standard InChI is InChI=1S/C14H24N2O/c1-11-7-6-8-12(15-11)9-16(5)10-13(17)14(2,3)4/h6-8,13,17H,9-10H2,1-5H3. The average molecular weight is 236 g/mol. The molecule has 0 spiro atoms. The van der Waals surface area contributed by atoms with Crippen LogP contribution >= 0.6 is 0 Å². The predicted octanol–water partition coefficient (Wildman–Crippen LogP) is 2.23. The van der Waals surface area contributed by atoms with Gasteiger partial charge in [-0.25, -0.2) is 0 Å². The number of aliphatic hydroxyl groups is 1. The summed E-state index contributed by atoms with van der Waals surface area (Å²) < 4.78 is 0. The van der Waals surface area contributed by atoms with Crippen LogP contribution in [0, 0.1) is 12.3 Å². The van der Waals surface area contributed by atoms with Crippen molar-refractivity contribution >= 4 is 0 Å². The van der Waals surface area contributed by atoms with E-state index >= 15 is 0 Å². The first-order valence-electron chi connectivity index (χ1n) is 6.08. The summed E-state index contributed by atoms with van der Waals surface area (Å²) in [5, 5.41) is 10.0. The number of pyridine rings is 1. The lowest BCUT2D eigenvalue weighted by atomic mass is 9.89. The maximum atomic E-state index is 10.0. The molecule has 0 aliphatic carbocycles. The second-order valence-corrected chi connectivity index (χ2v) is 5.85. The Hall–Kier alpha value is -0.930. The van der Waals surface area contributed by atoms with E-state index < -0.39 is 0 Å². The van der Waals surface area contributed by atoms with Crippen LogP contribution in [-0.4, -0.2) is 34.7 Å². The Labute approximate surface area is 104 Å². The van der Waals surface area contributed by atoms with Crippen molar-refractivity contribution < 1.29 is 5.11 Å². The molecule has 1 aromatic heterocycles. The molecular formula is C14H24N2O. The first-order valence-corrected chi connectivity index (χ1v) is 6.08. The van der Waals surface area contributed by atoms with E-state index in [1.165, 1.54) is 0 Å². The fourth-order valence-corrected chi connectivity index (χ4v) is 1.60. The van der Waals surface area contributed by atoms with Gasteiger partial charge in [-0.2, -0.15) is 0 Å². The minimum atomic E-state index is -0.322. The second kappa shape index (κ2) is 5.61. The molecule has 0 saturated carbocycles. The van der Waals surface area contributed by atoms with Gasteiger partial charge < -0.3 is 5.11 Å². The molecule has 0 fully saturated rings. The summed E-state index contributed by atoms with van der Waals surface area (Å²) in [6.07, 6.45) is -0.322. The van der Waals surface area contributed by atoms with E-state index in [4.69, 9.17) is 0 Å². The Balaban J connectivity index is 2.53. The highest BCUT2D eigenvalue weighted by Crippen LogP contribution is 2.19. The quantitative estimate of drug-likeness (QED) is 0.871. The average Bonchev–Trinajstić information content (AvgIpc) is 2.15. The summed E-state index contributed by atoms with van der Waals surface area (Å²) in [5.41, 5.74) is 2.01. The zero-order chi connectivity index (χ0) is 13.1. The molecule has 3 nitrogen and oxygen atoms in total. The summed E-state index contributed by atoms with van der Waals surface area (Å²) >= 11 is 0. The number of hydrogen-bond acceptors (Lipinski definition) is 3. The number of aliphatic hydroxyl groups excluding tert-OH is 1. The van der Waals surface area contributed by atoms with Gasteiger partial charge in [0.05, 0.1) is 11.8 Å². The van der Waals surface area contributed by atoms with Gasteiger partial charge in [0.25, 0.3) is 0 Å². The van der Waals surface area contributed by atoms with Crippen molar-refractivity contribution in [2.45, 2.75) is 40.3 Å². The van der Waals surface area contributed by atoms with Crippen molar-refractivity contribution in [1.29, 1.82) is 0 Å². The molecule has 1 atom stereocenters. The van der Waals surface area contributed by atoms with Crippen LogP contribution in [0.1, 0.15) is 32.2 Å². The fraction of sp³-hybridized carbons (Fsp3) is 0.643. The maximum absolute atomic E-state index is 10.0. The predicted molar refractivity (Wildman–Crippen MR) is 70.8 cm³/mol. The van der Waals surface area contributed by atoms with Gasteiger partial charge in [-0.05, 0) is 31.5 Å². The molecule has 0 bridgehead atoms. The second-order valence-electron chi connectivity index (χ2n) is 5.85. The zero-order valence-corrected chi connectivity index (χ0v) is 11.6. The van der Waals surface area contributed by atoms with Crippen molar-refractivity contribution in [2.24, 2.45) is 5.41 Å². The Kier molecular flexibility index (Phi) is 4.66. The van der Waals surface area contributed by atoms with Crippen LogP contribution in [0.25, 0.3) is 0 Å². The van der Waals surface area contributed by atoms with E-state index in [1.54, 1.807) is 0 Å². The van der Waals surface area contributed by atoms with E-state index in [-0.39, 0.29) is 11.5 Å². The lowest BCUT2D eigenvalue weighted by Gasteiger charge is -2.29. The third kappa shape index (κ3) is 4.84. The third-order valence-electron chi connectivity index (χ3n) is 2.86. The van der Waals surface area contributed by atoms with Crippen molar-refractivity contribution in [3.63, 3.8) is 0 Å². The molecule has 1 unspecified atom stereocenters. The van der Waals surface area contributed by atoms with Crippen LogP contribution in [0.4, 0.5) is 0 Å². The topological polar surface area (TPSA) is 36.4 Å². The summed E-state index contributed by atoms with van der Waals surface area (Å²) in [4.78, 5) is 6.57. The van der Waals surface area contributed by atoms with Gasteiger partial charge in [0.15, 0.2) is 0 Å². The molecule has 1 N–H and O–H groups in total. The van der Waals surface area contributed by atoms with Crippen LogP contribution in [0.15, 0.2) is 18.2 Å². The molecule has 0 aliphatic heterocycles. The minimum absolute atomic E-state index is 0.0751. The van der Waals surface area contributed by atoms with Crippen LogP contribution in [0.3, 0.4) is 0 Å². The first-order chi connectivity index (χ1) is 7.79. The Morgan fingerprint density at radius 2 is 2.00 bits per heavy atom. The van der Waals surface area contributed by atoms with E-state index in [0.717, 1.165) is 17.9 Å². The van der Waals surface area contributed by atoms with Gasteiger partial charge in [0.1, 0.15) is 0 Å². The van der Waals surface area contributed by atoms with Crippen molar-refractivity contribution in [1.82, 2.24) is 9.88 Å². The number of aryl methyl sites for hydroxylation is 1. The van der Waals surface area contributed by atoms with Gasteiger partial charge >= 0.3 is 0 Å². The normalized spacial score (nSPS) is 14.1. The highest BCUT2D eigenvalue weighted by atomic mass is 16.3. The number of likely N-dealkylation sites (N-methyl/N-ethyl adjacent to an activating group) is 1. The van der Waals surface area contributed by atoms with E-state index in [0.29, 0.717) is 6.54 Å². The molecule has 0 radical (unpaired) electrons. The number of rotatable bonds is 4. The lowest BCUT2D eigenvalue weighted by Crippen LogP contribution is -2.37. The molecule has 1 rings (SSSR count). The summed E-state index contributed by atoms with van der Waals surface area (Å²) in [7, 11) is 2.01. The Morgan fingerprint density at radius 1 is 1.35 bits per heavy atom. The van der Waals surface area contributed by atoms with Gasteiger partial charge in [0, 0.05) is 18.8 Å². The van der Waals surface area contributed by atoms with Crippen molar-refractivity contribution in [3.8, 4) is 0 Å². The van der Waals surface area contributed by atoms with Crippen molar-refractivity contribution in [2.75, 3.05) is 13.6 Å². The molecule has 0 aromatic carbocycles. The fourth-order valence-electron chi connectivity index (χ4n) is 1.60. The first kappa shape index (κ1) is 14.1. The molecular weight excluding hydrogens is 212 g/mol. The minimum Gasteiger partial charge on any atom is -0.391 e. The number of nitrogens with zero attached hydrogens (tertiary/aromatic N) is 2. The van der Waals surface area contributed by atoms with Crippen LogP contribution in [0.5, 0.6) is 0 Å². The van der Waals surface area contributed by atoms with Crippen LogP contribution < -0.4 is 0 Å². The van der Waals surface area contributed by atoms with Gasteiger partial charge in [-0.3, -0.25) is 9.88 Å². The molecule has 17 heavy (non-hydrogen) atoms. The highest BCUT2D eigenvalue weighted by molar-refractivity contribution is 5.09.